The summed E-state index contributed by atoms with van der Waals surface area (Å²) < 4.78 is 0. The van der Waals surface area contributed by atoms with Crippen LogP contribution in [0, 0.1) is 22.7 Å². The number of hydrogen-bond acceptors (Lipinski definition) is 4. The van der Waals surface area contributed by atoms with Crippen molar-refractivity contribution in [2.45, 2.75) is 12.8 Å². The summed E-state index contributed by atoms with van der Waals surface area (Å²) in [6, 6.07) is 4.11. The molecule has 2 N–H and O–H groups in total. The molecule has 0 aromatic heterocycles. The van der Waals surface area contributed by atoms with Crippen LogP contribution in [-0.2, 0) is 0 Å². The van der Waals surface area contributed by atoms with Gasteiger partial charge < -0.3 is 10.6 Å². The van der Waals surface area contributed by atoms with E-state index in [9.17, 15) is 0 Å². The third-order valence-electron chi connectivity index (χ3n) is 1.31. The Bertz CT molecular complexity index is 145. The van der Waals surface area contributed by atoms with E-state index in [0.29, 0.717) is 12.8 Å². The molecule has 0 bridgehead atoms. The maximum Gasteiger partial charge on any atom is 0.0635 e. The Labute approximate surface area is 73.2 Å². The van der Waals surface area contributed by atoms with Crippen LogP contribution < -0.4 is 10.6 Å². The van der Waals surface area contributed by atoms with E-state index in [0.717, 1.165) is 26.2 Å². The molecule has 0 aliphatic carbocycles. The molecular weight excluding hydrogens is 152 g/mol. The SMILES string of the molecule is N#CCCNCCNCCC#N. The topological polar surface area (TPSA) is 71.6 Å². The van der Waals surface area contributed by atoms with Crippen molar-refractivity contribution in [3.8, 4) is 12.1 Å². The van der Waals surface area contributed by atoms with Crippen molar-refractivity contribution in [2.24, 2.45) is 0 Å². The molecule has 0 heterocycles. The van der Waals surface area contributed by atoms with Crippen LogP contribution in [0.5, 0.6) is 0 Å². The second-order valence-electron chi connectivity index (χ2n) is 2.32. The molecule has 0 saturated heterocycles. The van der Waals surface area contributed by atoms with E-state index >= 15 is 0 Å². The summed E-state index contributed by atoms with van der Waals surface area (Å²) in [6.45, 7) is 3.20. The van der Waals surface area contributed by atoms with Crippen molar-refractivity contribution in [1.82, 2.24) is 10.6 Å². The van der Waals surface area contributed by atoms with Crippen molar-refractivity contribution in [3.63, 3.8) is 0 Å². The predicted octanol–water partition coefficient (Wildman–Crippen LogP) is -0.00704. The van der Waals surface area contributed by atoms with Gasteiger partial charge in [0, 0.05) is 39.0 Å². The van der Waals surface area contributed by atoms with Crippen molar-refractivity contribution < 1.29 is 0 Å². The third kappa shape index (κ3) is 8.90. The highest BCUT2D eigenvalue weighted by atomic mass is 14.9. The van der Waals surface area contributed by atoms with E-state index < -0.39 is 0 Å². The first-order valence-corrected chi connectivity index (χ1v) is 4.07. The summed E-state index contributed by atoms with van der Waals surface area (Å²) >= 11 is 0. The summed E-state index contributed by atoms with van der Waals surface area (Å²) in [5.74, 6) is 0. The molecule has 0 aromatic carbocycles. The molecule has 4 heteroatoms. The van der Waals surface area contributed by atoms with Gasteiger partial charge in [-0.05, 0) is 0 Å². The van der Waals surface area contributed by atoms with E-state index in [-0.39, 0.29) is 0 Å². The number of nitriles is 2. The highest BCUT2D eigenvalue weighted by molar-refractivity contribution is 4.71. The Balaban J connectivity index is 2.84. The second kappa shape index (κ2) is 9.90. The average molecular weight is 166 g/mol. The van der Waals surface area contributed by atoms with Crippen LogP contribution in [0.4, 0.5) is 0 Å². The molecule has 0 aromatic rings. The van der Waals surface area contributed by atoms with Crippen molar-refractivity contribution in [3.05, 3.63) is 0 Å². The Hall–Kier alpha value is -1.10. The maximum absolute atomic E-state index is 8.20. The van der Waals surface area contributed by atoms with Crippen molar-refractivity contribution in [2.75, 3.05) is 26.2 Å². The third-order valence-corrected chi connectivity index (χ3v) is 1.31. The summed E-state index contributed by atoms with van der Waals surface area (Å²) in [5, 5.41) is 22.6. The first-order valence-electron chi connectivity index (χ1n) is 4.07. The standard InChI is InChI=1S/C8H14N4/c9-3-1-5-11-7-8-12-6-2-4-10/h11-12H,1-2,5-8H2. The van der Waals surface area contributed by atoms with Crippen LogP contribution in [0.3, 0.4) is 0 Å². The van der Waals surface area contributed by atoms with Gasteiger partial charge in [-0.1, -0.05) is 0 Å². The Morgan fingerprint density at radius 3 is 1.50 bits per heavy atom. The normalized spacial score (nSPS) is 8.83. The van der Waals surface area contributed by atoms with Crippen LogP contribution >= 0.6 is 0 Å². The minimum atomic E-state index is 0.554. The van der Waals surface area contributed by atoms with Crippen LogP contribution in [-0.4, -0.2) is 26.2 Å². The number of nitrogens with zero attached hydrogens (tertiary/aromatic N) is 2. The zero-order valence-corrected chi connectivity index (χ0v) is 7.14. The fourth-order valence-corrected chi connectivity index (χ4v) is 0.715. The highest BCUT2D eigenvalue weighted by Crippen LogP contribution is 1.71. The quantitative estimate of drug-likeness (QED) is 0.522. The molecule has 0 unspecified atom stereocenters. The second-order valence-corrected chi connectivity index (χ2v) is 2.32. The Morgan fingerprint density at radius 2 is 1.17 bits per heavy atom. The van der Waals surface area contributed by atoms with Crippen LogP contribution in [0.25, 0.3) is 0 Å². The summed E-state index contributed by atoms with van der Waals surface area (Å²) in [6.07, 6.45) is 1.11. The van der Waals surface area contributed by atoms with Crippen molar-refractivity contribution in [1.29, 1.82) is 10.5 Å². The van der Waals surface area contributed by atoms with Crippen LogP contribution in [0.2, 0.25) is 0 Å². The minimum Gasteiger partial charge on any atom is -0.314 e. The molecule has 0 saturated carbocycles. The van der Waals surface area contributed by atoms with Gasteiger partial charge in [0.25, 0.3) is 0 Å². The molecule has 0 spiro atoms. The molecule has 0 radical (unpaired) electrons. The van der Waals surface area contributed by atoms with Gasteiger partial charge in [-0.15, -0.1) is 0 Å². The average Bonchev–Trinajstić information content (AvgIpc) is 2.10. The maximum atomic E-state index is 8.20. The van der Waals surface area contributed by atoms with Gasteiger partial charge in [0.05, 0.1) is 12.1 Å². The highest BCUT2D eigenvalue weighted by Gasteiger charge is 1.86. The van der Waals surface area contributed by atoms with Gasteiger partial charge in [-0.2, -0.15) is 10.5 Å². The number of hydrogen-bond donors (Lipinski definition) is 2. The monoisotopic (exact) mass is 166 g/mol. The molecular formula is C8H14N4. The Kier molecular flexibility index (Phi) is 8.99. The minimum absolute atomic E-state index is 0.554. The first kappa shape index (κ1) is 10.9. The van der Waals surface area contributed by atoms with Gasteiger partial charge in [0.1, 0.15) is 0 Å². The van der Waals surface area contributed by atoms with E-state index in [1.807, 2.05) is 0 Å². The van der Waals surface area contributed by atoms with Gasteiger partial charge in [0.2, 0.25) is 0 Å². The lowest BCUT2D eigenvalue weighted by Crippen LogP contribution is -2.28. The van der Waals surface area contributed by atoms with Gasteiger partial charge in [0.15, 0.2) is 0 Å². The van der Waals surface area contributed by atoms with E-state index in [4.69, 9.17) is 10.5 Å². The lowest BCUT2D eigenvalue weighted by atomic mass is 10.4. The molecule has 0 atom stereocenters. The molecule has 0 rings (SSSR count). The molecule has 0 aliphatic rings. The molecule has 66 valence electrons. The zero-order valence-electron chi connectivity index (χ0n) is 7.14. The molecule has 12 heavy (non-hydrogen) atoms. The lowest BCUT2D eigenvalue weighted by Gasteiger charge is -2.02. The Morgan fingerprint density at radius 1 is 0.750 bits per heavy atom. The largest absolute Gasteiger partial charge is 0.314 e. The first-order chi connectivity index (χ1) is 5.91. The lowest BCUT2D eigenvalue weighted by molar-refractivity contribution is 0.620. The fourth-order valence-electron chi connectivity index (χ4n) is 0.715. The van der Waals surface area contributed by atoms with Crippen molar-refractivity contribution >= 4 is 0 Å². The molecule has 0 aliphatic heterocycles. The summed E-state index contributed by atoms with van der Waals surface area (Å²) in [4.78, 5) is 0. The van der Waals surface area contributed by atoms with E-state index in [2.05, 4.69) is 22.8 Å². The van der Waals surface area contributed by atoms with Gasteiger partial charge in [-0.3, -0.25) is 0 Å². The van der Waals surface area contributed by atoms with E-state index in [1.165, 1.54) is 0 Å². The number of rotatable bonds is 7. The molecule has 4 nitrogen and oxygen atoms in total. The summed E-state index contributed by atoms with van der Waals surface area (Å²) in [7, 11) is 0. The zero-order chi connectivity index (χ0) is 9.07. The smallest absolute Gasteiger partial charge is 0.0635 e. The van der Waals surface area contributed by atoms with Crippen LogP contribution in [0.1, 0.15) is 12.8 Å². The van der Waals surface area contributed by atoms with Gasteiger partial charge in [-0.25, -0.2) is 0 Å². The van der Waals surface area contributed by atoms with Gasteiger partial charge >= 0.3 is 0 Å². The molecule has 0 fully saturated rings. The number of nitrogens with one attached hydrogen (secondary N) is 2. The summed E-state index contributed by atoms with van der Waals surface area (Å²) in [5.41, 5.74) is 0. The predicted molar refractivity (Wildman–Crippen MR) is 46.2 cm³/mol. The van der Waals surface area contributed by atoms with Crippen LogP contribution in [0.15, 0.2) is 0 Å². The fraction of sp³-hybridized carbons (Fsp3) is 0.750. The van der Waals surface area contributed by atoms with E-state index in [1.54, 1.807) is 0 Å². The molecule has 0 amide bonds.